The molecule has 30 nitrogen and oxygen atoms in total. The summed E-state index contributed by atoms with van der Waals surface area (Å²) in [6, 6.07) is 0. The maximum absolute atomic E-state index is 11.4. The first-order valence-corrected chi connectivity index (χ1v) is 28.5. The van der Waals surface area contributed by atoms with Crippen LogP contribution in [0.5, 0.6) is 0 Å². The molecule has 0 aliphatic carbocycles. The first-order valence-electron chi connectivity index (χ1n) is 12.2. The molecule has 0 saturated carbocycles. The zero-order valence-corrected chi connectivity index (χ0v) is 34.0. The van der Waals surface area contributed by atoms with Gasteiger partial charge in [-0.2, -0.15) is 0 Å². The second kappa shape index (κ2) is 20.6. The van der Waals surface area contributed by atoms with Gasteiger partial charge in [-0.25, -0.2) is 0 Å². The lowest BCUT2D eigenvalue weighted by Crippen LogP contribution is -2.37. The van der Waals surface area contributed by atoms with Crippen molar-refractivity contribution in [1.82, 2.24) is 14.7 Å². The maximum atomic E-state index is 11.4. The van der Waals surface area contributed by atoms with Crippen molar-refractivity contribution >= 4 is 68.1 Å². The molecule has 0 radical (unpaired) electrons. The summed E-state index contributed by atoms with van der Waals surface area (Å²) in [5.74, 6) is 0. The van der Waals surface area contributed by atoms with Gasteiger partial charge in [-0.1, -0.05) is 0 Å². The second-order valence-corrected chi connectivity index (χ2v) is 26.9. The molecule has 0 aromatic rings. The fourth-order valence-electron chi connectivity index (χ4n) is 2.89. The Hall–Kier alpha value is 1.23. The molecule has 0 aliphatic rings. The van der Waals surface area contributed by atoms with Gasteiger partial charge in [-0.05, 0) is 6.92 Å². The van der Waals surface area contributed by atoms with Gasteiger partial charge in [0.25, 0.3) is 5.08 Å². The number of hydrogen-bond donors (Lipinski definition) is 18. The van der Waals surface area contributed by atoms with E-state index >= 15 is 0 Å². The molecule has 0 rings (SSSR count). The fourth-order valence-corrected chi connectivity index (χ4v) is 10.5. The number of hydrogen-bond acceptors (Lipinski definition) is 13. The molecule has 1 unspecified atom stereocenters. The van der Waals surface area contributed by atoms with Gasteiger partial charge in [0, 0.05) is 19.8 Å². The SMILES string of the molecule is CC(O)(P(=O)(O)O)P(=O)(O)O.CP(=O)(O)CN(CCN(CP(=O)(O)O)CP(=O)(O)O)CP(=O)(O)O.O=P(O)(O)CN(CP(=O)(O)O)CP(=O)(O)O. The van der Waals surface area contributed by atoms with Crippen LogP contribution in [-0.4, -0.2) is 172 Å². The average Bonchev–Trinajstić information content (AvgIpc) is 2.68. The topological polar surface area (TPSA) is 527 Å². The Balaban J connectivity index is -0.000000735. The zero-order chi connectivity index (χ0) is 42.1. The van der Waals surface area contributed by atoms with E-state index in [0.717, 1.165) is 16.5 Å². The molecule has 312 valence electrons. The third kappa shape index (κ3) is 35.4. The maximum Gasteiger partial charge on any atom is 0.369 e. The molecule has 0 saturated heterocycles. The Labute approximate surface area is 287 Å². The molecule has 39 heteroatoms. The van der Waals surface area contributed by atoms with E-state index in [1.807, 2.05) is 0 Å². The van der Waals surface area contributed by atoms with Crippen molar-refractivity contribution in [2.75, 3.05) is 63.8 Å². The van der Waals surface area contributed by atoms with Gasteiger partial charge < -0.3 is 88.3 Å². The van der Waals surface area contributed by atoms with Crippen molar-refractivity contribution in [3.8, 4) is 0 Å². The van der Waals surface area contributed by atoms with Gasteiger partial charge in [-0.3, -0.25) is 55.8 Å². The van der Waals surface area contributed by atoms with Crippen molar-refractivity contribution in [2.45, 2.75) is 12.0 Å². The van der Waals surface area contributed by atoms with Crippen LogP contribution in [0.15, 0.2) is 0 Å². The molecule has 0 aromatic heterocycles. The van der Waals surface area contributed by atoms with Crippen molar-refractivity contribution in [2.24, 2.45) is 0 Å². The van der Waals surface area contributed by atoms with Gasteiger partial charge >= 0.3 is 60.8 Å². The molecule has 0 fully saturated rings. The molecule has 0 bridgehead atoms. The van der Waals surface area contributed by atoms with E-state index in [1.54, 1.807) is 0 Å². The van der Waals surface area contributed by atoms with Crippen LogP contribution in [-0.2, 0) is 41.1 Å². The summed E-state index contributed by atoms with van der Waals surface area (Å²) in [7, 11) is -41.9. The second-order valence-electron chi connectivity index (χ2n) is 10.5. The van der Waals surface area contributed by atoms with Crippen LogP contribution in [0, 0.1) is 0 Å². The minimum atomic E-state index is -5.20. The van der Waals surface area contributed by atoms with Crippen LogP contribution in [0.2, 0.25) is 0 Å². The Kier molecular flexibility index (Phi) is 22.8. The highest BCUT2D eigenvalue weighted by Gasteiger charge is 2.55. The largest absolute Gasteiger partial charge is 0.369 e. The van der Waals surface area contributed by atoms with E-state index in [1.165, 1.54) is 0 Å². The molecule has 0 heterocycles. The lowest BCUT2D eigenvalue weighted by atomic mass is 10.5. The highest BCUT2D eigenvalue weighted by molar-refractivity contribution is 7.72. The van der Waals surface area contributed by atoms with Crippen molar-refractivity contribution in [1.29, 1.82) is 0 Å². The molecule has 0 aliphatic heterocycles. The molecule has 51 heavy (non-hydrogen) atoms. The fraction of sp³-hybridized carbons (Fsp3) is 1.00. The molecule has 0 amide bonds. The summed E-state index contributed by atoms with van der Waals surface area (Å²) in [6.07, 6.45) is -6.85. The Morgan fingerprint density at radius 2 is 0.549 bits per heavy atom. The normalized spacial score (nSPS) is 15.6. The minimum Gasteiger partial charge on any atom is -0.368 e. The van der Waals surface area contributed by atoms with Crippen LogP contribution >= 0.6 is 68.1 Å². The van der Waals surface area contributed by atoms with Crippen molar-refractivity contribution in [3.05, 3.63) is 0 Å². The van der Waals surface area contributed by atoms with Crippen molar-refractivity contribution < 1.29 is 129 Å². The first kappa shape index (κ1) is 56.6. The quantitative estimate of drug-likeness (QED) is 0.0560. The monoisotopic (exact) mass is 939 g/mol. The zero-order valence-electron chi connectivity index (χ0n) is 26.0. The Morgan fingerprint density at radius 1 is 0.373 bits per heavy atom. The van der Waals surface area contributed by atoms with E-state index < -0.39 is 124 Å². The predicted molar refractivity (Wildman–Crippen MR) is 172 cm³/mol. The van der Waals surface area contributed by atoms with E-state index in [9.17, 15) is 46.0 Å². The molecular weight excluding hydrogens is 897 g/mol. The lowest BCUT2D eigenvalue weighted by Gasteiger charge is -2.28. The predicted octanol–water partition coefficient (Wildman–Crippen LogP) is -3.44. The highest BCUT2D eigenvalue weighted by Crippen LogP contribution is 2.67. The summed E-state index contributed by atoms with van der Waals surface area (Å²) in [4.78, 5) is 149. The highest BCUT2D eigenvalue weighted by atomic mass is 31.2. The first-order chi connectivity index (χ1) is 21.6. The molecular formula is C12H42N3O27P9. The van der Waals surface area contributed by atoms with Gasteiger partial charge in [0.1, 0.15) is 37.7 Å². The summed E-state index contributed by atoms with van der Waals surface area (Å²) >= 11 is 0. The van der Waals surface area contributed by atoms with E-state index in [-0.39, 0.29) is 6.54 Å². The third-order valence-electron chi connectivity index (χ3n) is 4.60. The number of aliphatic hydroxyl groups is 1. The van der Waals surface area contributed by atoms with E-state index in [2.05, 4.69) is 0 Å². The lowest BCUT2D eigenvalue weighted by molar-refractivity contribution is 0.146. The van der Waals surface area contributed by atoms with Gasteiger partial charge in [-0.15, -0.1) is 0 Å². The van der Waals surface area contributed by atoms with Crippen LogP contribution in [0.4, 0.5) is 0 Å². The minimum absolute atomic E-state index is 0.336. The standard InChI is InChI=1S/C7H22N2O11P4.C3H12NO9P3.C2H8O7P2/c1-21(10,11)4-8(5-22(12,13)14)2-3-9(6-23(15,16)17)7-24(18,19)20;5-14(6,7)1-4(2-15(8,9)10)3-16(11,12)13;1-2(3,10(4,5)6)11(7,8)9/h2-7H2,1H3,(H,10,11)(H2,12,13,14)(H2,15,16,17)(H2,18,19,20);1-3H2,(H2,5,6,7)(H2,8,9,10)(H2,11,12,13);3H,1H3,(H2,4,5,6)(H2,7,8,9). The summed E-state index contributed by atoms with van der Waals surface area (Å²) in [5.41, 5.74) is 0. The molecule has 18 N–H and O–H groups in total. The number of rotatable bonds is 19. The molecule has 0 spiro atoms. The third-order valence-corrected chi connectivity index (χ3v) is 13.9. The molecule has 0 aromatic carbocycles. The summed E-state index contributed by atoms with van der Waals surface area (Å²) in [5, 5.41) is 5.37. The molecule has 1 atom stereocenters. The Morgan fingerprint density at radius 3 is 0.686 bits per heavy atom. The van der Waals surface area contributed by atoms with Crippen LogP contribution in [0.3, 0.4) is 0 Å². The van der Waals surface area contributed by atoms with Gasteiger partial charge in [0.15, 0.2) is 0 Å². The number of nitrogens with zero attached hydrogens (tertiary/aromatic N) is 3. The van der Waals surface area contributed by atoms with Gasteiger partial charge in [0.2, 0.25) is 7.37 Å². The summed E-state index contributed by atoms with van der Waals surface area (Å²) < 4.78 is 96.7. The van der Waals surface area contributed by atoms with Crippen LogP contribution in [0.1, 0.15) is 6.92 Å². The van der Waals surface area contributed by atoms with E-state index in [4.69, 9.17) is 83.4 Å². The van der Waals surface area contributed by atoms with E-state index in [0.29, 0.717) is 11.8 Å². The average molecular weight is 939 g/mol. The van der Waals surface area contributed by atoms with Crippen LogP contribution < -0.4 is 0 Å². The van der Waals surface area contributed by atoms with Crippen LogP contribution in [0.25, 0.3) is 0 Å². The summed E-state index contributed by atoms with van der Waals surface area (Å²) in [6.45, 7) is 0.608. The Bertz CT molecular complexity index is 1350. The van der Waals surface area contributed by atoms with Gasteiger partial charge in [0.05, 0.1) is 6.29 Å². The smallest absolute Gasteiger partial charge is 0.368 e. The van der Waals surface area contributed by atoms with Crippen molar-refractivity contribution in [3.63, 3.8) is 0 Å².